The molecule has 2 nitrogen and oxygen atoms in total. The van der Waals surface area contributed by atoms with Gasteiger partial charge in [-0.15, -0.1) is 11.3 Å². The van der Waals surface area contributed by atoms with Gasteiger partial charge in [0.05, 0.1) is 0 Å². The van der Waals surface area contributed by atoms with E-state index >= 15 is 0 Å². The van der Waals surface area contributed by atoms with E-state index in [4.69, 9.17) is 4.74 Å². The molecule has 1 unspecified atom stereocenters. The Hall–Kier alpha value is 0.1000. The van der Waals surface area contributed by atoms with Gasteiger partial charge in [0.25, 0.3) is 0 Å². The summed E-state index contributed by atoms with van der Waals surface area (Å²) in [7, 11) is 0. The maximum Gasteiger partial charge on any atom is 0.0480 e. The normalized spacial score (nSPS) is 12.9. The van der Waals surface area contributed by atoms with Crippen molar-refractivity contribution in [2.24, 2.45) is 0 Å². The molecule has 0 radical (unpaired) electrons. The second-order valence-electron chi connectivity index (χ2n) is 4.07. The van der Waals surface area contributed by atoms with Gasteiger partial charge >= 0.3 is 0 Å². The summed E-state index contributed by atoms with van der Waals surface area (Å²) >= 11 is 5.33. The third-order valence-electron chi connectivity index (χ3n) is 2.57. The molecular weight excluding hydrogens is 298 g/mol. The summed E-state index contributed by atoms with van der Waals surface area (Å²) in [6.07, 6.45) is 3.37. The SMILES string of the molecule is CCCNC(CCOCC)Cc1cc(Br)cs1. The molecule has 0 aliphatic rings. The van der Waals surface area contributed by atoms with Gasteiger partial charge in [0.2, 0.25) is 0 Å². The highest BCUT2D eigenvalue weighted by Crippen LogP contribution is 2.21. The lowest BCUT2D eigenvalue weighted by atomic mass is 10.1. The van der Waals surface area contributed by atoms with Crippen molar-refractivity contribution >= 4 is 27.3 Å². The van der Waals surface area contributed by atoms with E-state index in [1.807, 2.05) is 18.3 Å². The maximum absolute atomic E-state index is 5.44. The highest BCUT2D eigenvalue weighted by Gasteiger charge is 2.10. The summed E-state index contributed by atoms with van der Waals surface area (Å²) in [6, 6.07) is 2.75. The second kappa shape index (κ2) is 9.09. The van der Waals surface area contributed by atoms with Gasteiger partial charge in [-0.1, -0.05) is 6.92 Å². The molecule has 1 N–H and O–H groups in total. The van der Waals surface area contributed by atoms with Gasteiger partial charge < -0.3 is 10.1 Å². The van der Waals surface area contributed by atoms with E-state index in [1.54, 1.807) is 0 Å². The third kappa shape index (κ3) is 6.55. The Bertz CT molecular complexity index is 303. The van der Waals surface area contributed by atoms with Crippen LogP contribution in [0.4, 0.5) is 0 Å². The molecule has 98 valence electrons. The first kappa shape index (κ1) is 15.2. The largest absolute Gasteiger partial charge is 0.382 e. The number of hydrogen-bond acceptors (Lipinski definition) is 3. The second-order valence-corrected chi connectivity index (χ2v) is 5.98. The Kier molecular flexibility index (Phi) is 8.10. The van der Waals surface area contributed by atoms with Crippen molar-refractivity contribution in [3.05, 3.63) is 20.8 Å². The first-order valence-electron chi connectivity index (χ1n) is 6.30. The summed E-state index contributed by atoms with van der Waals surface area (Å²) in [4.78, 5) is 1.43. The van der Waals surface area contributed by atoms with Gasteiger partial charge in [-0.05, 0) is 54.7 Å². The van der Waals surface area contributed by atoms with Gasteiger partial charge in [-0.2, -0.15) is 0 Å². The topological polar surface area (TPSA) is 21.3 Å². The van der Waals surface area contributed by atoms with Gasteiger partial charge in [-0.3, -0.25) is 0 Å². The minimum Gasteiger partial charge on any atom is -0.382 e. The van der Waals surface area contributed by atoms with Crippen LogP contribution < -0.4 is 5.32 Å². The average Bonchev–Trinajstić information content (AvgIpc) is 2.72. The Labute approximate surface area is 117 Å². The maximum atomic E-state index is 5.44. The van der Waals surface area contributed by atoms with E-state index in [9.17, 15) is 0 Å². The number of ether oxygens (including phenoxy) is 1. The number of rotatable bonds is 9. The fourth-order valence-corrected chi connectivity index (χ4v) is 3.23. The van der Waals surface area contributed by atoms with E-state index in [2.05, 4.69) is 39.6 Å². The van der Waals surface area contributed by atoms with Crippen molar-refractivity contribution in [1.82, 2.24) is 5.32 Å². The predicted octanol–water partition coefficient (Wildman–Crippen LogP) is 3.85. The average molecular weight is 320 g/mol. The van der Waals surface area contributed by atoms with Crippen LogP contribution in [0.5, 0.6) is 0 Å². The summed E-state index contributed by atoms with van der Waals surface area (Å²) in [6.45, 7) is 7.00. The summed E-state index contributed by atoms with van der Waals surface area (Å²) < 4.78 is 6.63. The molecule has 0 bridgehead atoms. The zero-order chi connectivity index (χ0) is 12.5. The molecule has 0 aliphatic carbocycles. The van der Waals surface area contributed by atoms with Crippen LogP contribution in [0.1, 0.15) is 31.6 Å². The van der Waals surface area contributed by atoms with Crippen LogP contribution >= 0.6 is 27.3 Å². The monoisotopic (exact) mass is 319 g/mol. The molecule has 1 aromatic heterocycles. The van der Waals surface area contributed by atoms with Crippen molar-refractivity contribution in [3.8, 4) is 0 Å². The minimum absolute atomic E-state index is 0.534. The molecule has 1 atom stereocenters. The fourth-order valence-electron chi connectivity index (χ4n) is 1.70. The number of halogens is 1. The lowest BCUT2D eigenvalue weighted by Crippen LogP contribution is -2.32. The van der Waals surface area contributed by atoms with E-state index < -0.39 is 0 Å². The van der Waals surface area contributed by atoms with Gasteiger partial charge in [-0.25, -0.2) is 0 Å². The quantitative estimate of drug-likeness (QED) is 0.698. The molecule has 0 saturated heterocycles. The highest BCUT2D eigenvalue weighted by molar-refractivity contribution is 9.10. The zero-order valence-corrected chi connectivity index (χ0v) is 13.1. The van der Waals surface area contributed by atoms with Crippen LogP contribution in [0.25, 0.3) is 0 Å². The molecule has 0 fully saturated rings. The van der Waals surface area contributed by atoms with Gasteiger partial charge in [0, 0.05) is 34.0 Å². The Morgan fingerprint density at radius 2 is 2.29 bits per heavy atom. The van der Waals surface area contributed by atoms with Crippen molar-refractivity contribution in [2.75, 3.05) is 19.8 Å². The molecule has 1 heterocycles. The van der Waals surface area contributed by atoms with Crippen molar-refractivity contribution in [3.63, 3.8) is 0 Å². The number of thiophene rings is 1. The molecular formula is C13H22BrNOS. The lowest BCUT2D eigenvalue weighted by molar-refractivity contribution is 0.136. The van der Waals surface area contributed by atoms with Crippen molar-refractivity contribution < 1.29 is 4.74 Å². The van der Waals surface area contributed by atoms with Crippen LogP contribution in [0.3, 0.4) is 0 Å². The molecule has 0 spiro atoms. The van der Waals surface area contributed by atoms with Crippen molar-refractivity contribution in [2.45, 2.75) is 39.2 Å². The fraction of sp³-hybridized carbons (Fsp3) is 0.692. The Morgan fingerprint density at radius 1 is 1.47 bits per heavy atom. The van der Waals surface area contributed by atoms with E-state index in [0.717, 1.165) is 32.6 Å². The molecule has 0 amide bonds. The smallest absolute Gasteiger partial charge is 0.0480 e. The Balaban J connectivity index is 2.38. The Morgan fingerprint density at radius 3 is 2.88 bits per heavy atom. The van der Waals surface area contributed by atoms with E-state index in [0.29, 0.717) is 6.04 Å². The molecule has 1 aromatic rings. The molecule has 1 rings (SSSR count). The molecule has 17 heavy (non-hydrogen) atoms. The van der Waals surface area contributed by atoms with Crippen LogP contribution in [0.2, 0.25) is 0 Å². The number of nitrogens with one attached hydrogen (secondary N) is 1. The van der Waals surface area contributed by atoms with Gasteiger partial charge in [0.1, 0.15) is 0 Å². The van der Waals surface area contributed by atoms with E-state index in [1.165, 1.54) is 15.8 Å². The summed E-state index contributed by atoms with van der Waals surface area (Å²) in [5, 5.41) is 5.74. The van der Waals surface area contributed by atoms with Crippen molar-refractivity contribution in [1.29, 1.82) is 0 Å². The molecule has 0 saturated carbocycles. The van der Waals surface area contributed by atoms with Crippen LogP contribution in [0, 0.1) is 0 Å². The molecule has 4 heteroatoms. The first-order chi connectivity index (χ1) is 8.26. The van der Waals surface area contributed by atoms with Crippen LogP contribution in [-0.4, -0.2) is 25.8 Å². The van der Waals surface area contributed by atoms with Gasteiger partial charge in [0.15, 0.2) is 0 Å². The predicted molar refractivity (Wildman–Crippen MR) is 78.9 cm³/mol. The number of hydrogen-bond donors (Lipinski definition) is 1. The summed E-state index contributed by atoms with van der Waals surface area (Å²) in [5.41, 5.74) is 0. The standard InChI is InChI=1S/C13H22BrNOS/c1-3-6-15-12(5-7-16-4-2)9-13-8-11(14)10-17-13/h8,10,12,15H,3-7,9H2,1-2H3. The first-order valence-corrected chi connectivity index (χ1v) is 7.97. The lowest BCUT2D eigenvalue weighted by Gasteiger charge is -2.17. The molecule has 0 aliphatic heterocycles. The zero-order valence-electron chi connectivity index (χ0n) is 10.7. The third-order valence-corrected chi connectivity index (χ3v) is 4.29. The van der Waals surface area contributed by atoms with E-state index in [-0.39, 0.29) is 0 Å². The minimum atomic E-state index is 0.534. The molecule has 0 aromatic carbocycles. The van der Waals surface area contributed by atoms with Crippen LogP contribution in [-0.2, 0) is 11.2 Å². The highest BCUT2D eigenvalue weighted by atomic mass is 79.9. The summed E-state index contributed by atoms with van der Waals surface area (Å²) in [5.74, 6) is 0. The van der Waals surface area contributed by atoms with Crippen LogP contribution in [0.15, 0.2) is 15.9 Å².